The third-order valence-corrected chi connectivity index (χ3v) is 5.96. The number of hydrogen-bond donors (Lipinski definition) is 2. The molecule has 0 saturated carbocycles. The molecule has 0 bridgehead atoms. The van der Waals surface area contributed by atoms with Gasteiger partial charge in [0.2, 0.25) is 10.0 Å². The van der Waals surface area contributed by atoms with Crippen molar-refractivity contribution in [2.45, 2.75) is 36.4 Å². The van der Waals surface area contributed by atoms with E-state index < -0.39 is 15.6 Å². The molecule has 3 N–H and O–H groups in total. The van der Waals surface area contributed by atoms with Crippen LogP contribution in [0.2, 0.25) is 4.34 Å². The Labute approximate surface area is 123 Å². The second-order valence-corrected chi connectivity index (χ2v) is 7.66. The van der Waals surface area contributed by atoms with Crippen LogP contribution in [0.1, 0.15) is 26.7 Å². The molecule has 0 unspecified atom stereocenters. The lowest BCUT2D eigenvalue weighted by Crippen LogP contribution is -2.49. The lowest BCUT2D eigenvalue weighted by molar-refractivity contribution is 0.392. The molecule has 0 amide bonds. The van der Waals surface area contributed by atoms with E-state index >= 15 is 0 Å². The van der Waals surface area contributed by atoms with Gasteiger partial charge in [0.25, 0.3) is 0 Å². The molecule has 18 heavy (non-hydrogen) atoms. The van der Waals surface area contributed by atoms with Gasteiger partial charge in [-0.05, 0) is 25.0 Å². The summed E-state index contributed by atoms with van der Waals surface area (Å²) in [5.41, 5.74) is 5.55. The molecule has 4 nitrogen and oxygen atoms in total. The molecule has 0 aliphatic carbocycles. The second kappa shape index (κ2) is 7.07. The van der Waals surface area contributed by atoms with E-state index in [0.29, 0.717) is 4.34 Å². The minimum atomic E-state index is -3.49. The molecule has 0 atom stereocenters. The molecule has 0 aromatic carbocycles. The predicted octanol–water partition coefficient (Wildman–Crippen LogP) is 2.62. The molecule has 0 aliphatic rings. The third-order valence-electron chi connectivity index (χ3n) is 2.84. The summed E-state index contributed by atoms with van der Waals surface area (Å²) in [6.45, 7) is 4.12. The molecule has 1 rings (SSSR count). The fourth-order valence-corrected chi connectivity index (χ4v) is 3.92. The summed E-state index contributed by atoms with van der Waals surface area (Å²) in [4.78, 5) is 0. The van der Waals surface area contributed by atoms with E-state index in [1.165, 1.54) is 6.07 Å². The Morgan fingerprint density at radius 2 is 1.94 bits per heavy atom. The zero-order chi connectivity index (χ0) is 13.1. The van der Waals surface area contributed by atoms with Gasteiger partial charge in [-0.3, -0.25) is 0 Å². The average molecular weight is 333 g/mol. The number of thiophene rings is 1. The second-order valence-electron chi connectivity index (χ2n) is 3.95. The van der Waals surface area contributed by atoms with Gasteiger partial charge in [-0.15, -0.1) is 23.7 Å². The first-order chi connectivity index (χ1) is 7.83. The van der Waals surface area contributed by atoms with Crippen molar-refractivity contribution in [3.05, 3.63) is 16.5 Å². The van der Waals surface area contributed by atoms with E-state index in [1.807, 2.05) is 13.8 Å². The largest absolute Gasteiger partial charge is 0.324 e. The summed E-state index contributed by atoms with van der Waals surface area (Å²) in [7, 11) is -3.49. The van der Waals surface area contributed by atoms with Crippen molar-refractivity contribution in [1.82, 2.24) is 4.72 Å². The van der Waals surface area contributed by atoms with Crippen molar-refractivity contribution in [3.63, 3.8) is 0 Å². The zero-order valence-electron chi connectivity index (χ0n) is 10.3. The van der Waals surface area contributed by atoms with Crippen LogP contribution in [0.4, 0.5) is 0 Å². The quantitative estimate of drug-likeness (QED) is 0.840. The van der Waals surface area contributed by atoms with Crippen molar-refractivity contribution >= 4 is 45.4 Å². The molecule has 8 heteroatoms. The number of rotatable bonds is 6. The Bertz CT molecular complexity index is 470. The highest BCUT2D eigenvalue weighted by atomic mass is 35.5. The van der Waals surface area contributed by atoms with E-state index in [-0.39, 0.29) is 23.2 Å². The summed E-state index contributed by atoms with van der Waals surface area (Å²) in [6, 6.07) is 3.06. The molecular weight excluding hydrogens is 315 g/mol. The van der Waals surface area contributed by atoms with Crippen LogP contribution >= 0.6 is 35.3 Å². The van der Waals surface area contributed by atoms with Crippen LogP contribution in [0.3, 0.4) is 0 Å². The molecule has 1 aromatic rings. The van der Waals surface area contributed by atoms with E-state index in [4.69, 9.17) is 17.3 Å². The number of hydrogen-bond acceptors (Lipinski definition) is 4. The molecular formula is C10H18Cl2N2O2S2. The summed E-state index contributed by atoms with van der Waals surface area (Å²) in [5.74, 6) is 0. The summed E-state index contributed by atoms with van der Waals surface area (Å²) < 4.78 is 27.0. The first-order valence-corrected chi connectivity index (χ1v) is 8.04. The molecule has 106 valence electrons. The number of sulfonamides is 1. The molecule has 0 radical (unpaired) electrons. The maximum absolute atomic E-state index is 11.9. The zero-order valence-corrected chi connectivity index (χ0v) is 13.5. The van der Waals surface area contributed by atoms with Crippen LogP contribution < -0.4 is 10.5 Å². The topological polar surface area (TPSA) is 72.2 Å². The lowest BCUT2D eigenvalue weighted by Gasteiger charge is -2.26. The van der Waals surface area contributed by atoms with Crippen LogP contribution in [0.5, 0.6) is 0 Å². The predicted molar refractivity (Wildman–Crippen MR) is 79.3 cm³/mol. The normalized spacial score (nSPS) is 12.2. The van der Waals surface area contributed by atoms with E-state index in [1.54, 1.807) is 6.07 Å². The average Bonchev–Trinajstić information content (AvgIpc) is 2.74. The van der Waals surface area contributed by atoms with Crippen molar-refractivity contribution in [3.8, 4) is 0 Å². The Hall–Kier alpha value is 0.150. The SMILES string of the molecule is CCC(N)(CC)CNS(=O)(=O)c1ccc(Cl)s1.Cl. The van der Waals surface area contributed by atoms with Gasteiger partial charge in [0.15, 0.2) is 0 Å². The van der Waals surface area contributed by atoms with Gasteiger partial charge in [0.05, 0.1) is 4.34 Å². The van der Waals surface area contributed by atoms with Crippen LogP contribution in [0, 0.1) is 0 Å². The Kier molecular flexibility index (Phi) is 7.13. The minimum Gasteiger partial charge on any atom is -0.324 e. The monoisotopic (exact) mass is 332 g/mol. The van der Waals surface area contributed by atoms with Gasteiger partial charge in [0, 0.05) is 12.1 Å². The summed E-state index contributed by atoms with van der Waals surface area (Å²) >= 11 is 6.75. The summed E-state index contributed by atoms with van der Waals surface area (Å²) in [5, 5.41) is 0. The standard InChI is InChI=1S/C10H17ClN2O2S2.ClH/c1-3-10(12,4-2)7-13-17(14,15)9-6-5-8(11)16-9;/h5-6,13H,3-4,7,12H2,1-2H3;1H. The highest BCUT2D eigenvalue weighted by Crippen LogP contribution is 2.25. The van der Waals surface area contributed by atoms with E-state index in [9.17, 15) is 8.42 Å². The molecule has 0 aliphatic heterocycles. The van der Waals surface area contributed by atoms with Gasteiger partial charge in [-0.2, -0.15) is 0 Å². The van der Waals surface area contributed by atoms with Crippen molar-refractivity contribution < 1.29 is 8.42 Å². The van der Waals surface area contributed by atoms with E-state index in [2.05, 4.69) is 4.72 Å². The fraction of sp³-hybridized carbons (Fsp3) is 0.600. The first kappa shape index (κ1) is 18.1. The van der Waals surface area contributed by atoms with Crippen LogP contribution in [0.25, 0.3) is 0 Å². The lowest BCUT2D eigenvalue weighted by atomic mass is 9.95. The molecule has 0 spiro atoms. The highest BCUT2D eigenvalue weighted by molar-refractivity contribution is 7.91. The minimum absolute atomic E-state index is 0. The number of nitrogens with two attached hydrogens (primary N) is 1. The van der Waals surface area contributed by atoms with Crippen LogP contribution in [-0.4, -0.2) is 20.5 Å². The summed E-state index contributed by atoms with van der Waals surface area (Å²) in [6.07, 6.45) is 1.44. The molecule has 1 heterocycles. The van der Waals surface area contributed by atoms with Crippen molar-refractivity contribution in [2.24, 2.45) is 5.73 Å². The van der Waals surface area contributed by atoms with Gasteiger partial charge in [0.1, 0.15) is 4.21 Å². The Morgan fingerprint density at radius 3 is 2.33 bits per heavy atom. The maximum Gasteiger partial charge on any atom is 0.250 e. The van der Waals surface area contributed by atoms with Crippen molar-refractivity contribution in [1.29, 1.82) is 0 Å². The fourth-order valence-electron chi connectivity index (χ4n) is 1.25. The van der Waals surface area contributed by atoms with E-state index in [0.717, 1.165) is 24.2 Å². The van der Waals surface area contributed by atoms with Gasteiger partial charge >= 0.3 is 0 Å². The van der Waals surface area contributed by atoms with Gasteiger partial charge in [-0.25, -0.2) is 13.1 Å². The smallest absolute Gasteiger partial charge is 0.250 e. The van der Waals surface area contributed by atoms with Crippen LogP contribution in [0.15, 0.2) is 16.3 Å². The highest BCUT2D eigenvalue weighted by Gasteiger charge is 2.24. The van der Waals surface area contributed by atoms with Gasteiger partial charge in [-0.1, -0.05) is 25.4 Å². The Morgan fingerprint density at radius 1 is 1.39 bits per heavy atom. The number of nitrogens with one attached hydrogen (secondary N) is 1. The molecule has 0 fully saturated rings. The van der Waals surface area contributed by atoms with Crippen LogP contribution in [-0.2, 0) is 10.0 Å². The van der Waals surface area contributed by atoms with Gasteiger partial charge < -0.3 is 5.73 Å². The third kappa shape index (κ3) is 4.68. The maximum atomic E-state index is 11.9. The molecule has 0 saturated heterocycles. The Balaban J connectivity index is 0.00000289. The first-order valence-electron chi connectivity index (χ1n) is 5.37. The van der Waals surface area contributed by atoms with Crippen molar-refractivity contribution in [2.75, 3.05) is 6.54 Å². The number of halogens is 2. The molecule has 1 aromatic heterocycles.